The molecule has 2 heterocycles. The van der Waals surface area contributed by atoms with Gasteiger partial charge in [0.15, 0.2) is 0 Å². The van der Waals surface area contributed by atoms with E-state index >= 15 is 0 Å². The number of nitrogens with zero attached hydrogens (tertiary/aromatic N) is 2. The Balaban J connectivity index is 1.72. The highest BCUT2D eigenvalue weighted by Crippen LogP contribution is 2.50. The number of hydrogen-bond acceptors (Lipinski definition) is 4. The molecule has 0 saturated heterocycles. The molecular weight excluding hydrogens is 478 g/mol. The highest BCUT2D eigenvalue weighted by atomic mass is 19.4. The number of aldehydes is 1. The number of aryl methyl sites for hydroxylation is 2. The van der Waals surface area contributed by atoms with E-state index in [0.29, 0.717) is 58.1 Å². The third-order valence-electron chi connectivity index (χ3n) is 5.84. The topological polar surface area (TPSA) is 68.3 Å². The van der Waals surface area contributed by atoms with Crippen molar-refractivity contribution < 1.29 is 40.7 Å². The van der Waals surface area contributed by atoms with Gasteiger partial charge in [0.25, 0.3) is 5.60 Å². The average Bonchev–Trinajstić information content (AvgIpc) is 3.30. The second kappa shape index (κ2) is 8.26. The zero-order valence-corrected chi connectivity index (χ0v) is 18.3. The van der Waals surface area contributed by atoms with Crippen molar-refractivity contribution in [3.8, 4) is 11.5 Å². The van der Waals surface area contributed by atoms with Gasteiger partial charge in [0.05, 0.1) is 6.54 Å². The van der Waals surface area contributed by atoms with Gasteiger partial charge in [-0.25, -0.2) is 4.98 Å². The molecule has 11 heteroatoms. The number of carbonyl (C=O) groups excluding carboxylic acids is 1. The maximum absolute atomic E-state index is 13.3. The maximum atomic E-state index is 13.3. The summed E-state index contributed by atoms with van der Waals surface area (Å²) in [4.78, 5) is 15.3. The van der Waals surface area contributed by atoms with Gasteiger partial charge in [0.1, 0.15) is 17.7 Å². The second-order valence-corrected chi connectivity index (χ2v) is 8.11. The summed E-state index contributed by atoms with van der Waals surface area (Å²) >= 11 is 0. The van der Waals surface area contributed by atoms with E-state index in [9.17, 15) is 36.2 Å². The molecule has 0 aliphatic rings. The van der Waals surface area contributed by atoms with Crippen LogP contribution in [0.25, 0.3) is 22.4 Å². The Bertz CT molecular complexity index is 1380. The largest absolute Gasteiger partial charge is 0.441 e. The Morgan fingerprint density at radius 1 is 0.971 bits per heavy atom. The molecule has 0 amide bonds. The van der Waals surface area contributed by atoms with E-state index in [2.05, 4.69) is 4.98 Å². The number of hydrogen-bond donors (Lipinski definition) is 1. The van der Waals surface area contributed by atoms with Crippen LogP contribution in [0.5, 0.6) is 0 Å². The number of carbonyl (C=O) groups is 1. The highest BCUT2D eigenvalue weighted by molar-refractivity contribution is 5.82. The molecule has 5 nitrogen and oxygen atoms in total. The Morgan fingerprint density at radius 2 is 1.60 bits per heavy atom. The first-order chi connectivity index (χ1) is 16.3. The summed E-state index contributed by atoms with van der Waals surface area (Å²) in [5, 5.41) is 9.80. The summed E-state index contributed by atoms with van der Waals surface area (Å²) in [6.07, 6.45) is -11.2. The summed E-state index contributed by atoms with van der Waals surface area (Å²) in [6, 6.07) is 10.4. The summed E-state index contributed by atoms with van der Waals surface area (Å²) in [5.41, 5.74) is -3.79. The number of oxazole rings is 1. The number of benzene rings is 2. The van der Waals surface area contributed by atoms with Gasteiger partial charge < -0.3 is 14.1 Å². The van der Waals surface area contributed by atoms with E-state index in [1.54, 1.807) is 42.7 Å². The fourth-order valence-corrected chi connectivity index (χ4v) is 3.88. The van der Waals surface area contributed by atoms with Crippen LogP contribution in [-0.2, 0) is 12.1 Å². The van der Waals surface area contributed by atoms with Crippen LogP contribution in [0.3, 0.4) is 0 Å². The molecule has 0 bridgehead atoms. The monoisotopic (exact) mass is 496 g/mol. The van der Waals surface area contributed by atoms with Gasteiger partial charge in [-0.05, 0) is 44.2 Å². The minimum absolute atomic E-state index is 0.0951. The fraction of sp³-hybridized carbons (Fsp3) is 0.250. The van der Waals surface area contributed by atoms with Crippen molar-refractivity contribution in [2.24, 2.45) is 0 Å². The summed E-state index contributed by atoms with van der Waals surface area (Å²) in [6.45, 7) is 3.46. The maximum Gasteiger partial charge on any atom is 0.430 e. The molecule has 0 spiro atoms. The van der Waals surface area contributed by atoms with Crippen LogP contribution in [0, 0.1) is 13.8 Å². The third-order valence-corrected chi connectivity index (χ3v) is 5.84. The lowest BCUT2D eigenvalue weighted by atomic mass is 9.91. The van der Waals surface area contributed by atoms with Crippen LogP contribution >= 0.6 is 0 Å². The lowest BCUT2D eigenvalue weighted by Gasteiger charge is -2.32. The molecule has 2 aromatic carbocycles. The van der Waals surface area contributed by atoms with Crippen LogP contribution in [0.4, 0.5) is 26.3 Å². The lowest BCUT2D eigenvalue weighted by Crippen LogP contribution is -2.53. The zero-order chi connectivity index (χ0) is 25.8. The van der Waals surface area contributed by atoms with E-state index in [1.807, 2.05) is 0 Å². The normalized spacial score (nSPS) is 12.9. The van der Waals surface area contributed by atoms with E-state index in [0.717, 1.165) is 6.07 Å². The van der Waals surface area contributed by atoms with Gasteiger partial charge in [-0.2, -0.15) is 26.3 Å². The van der Waals surface area contributed by atoms with Crippen LogP contribution < -0.4 is 0 Å². The zero-order valence-electron chi connectivity index (χ0n) is 18.3. The standard InChI is InChI=1S/C24H18F6N2O3/c1-13-9-17-10-18(22(34,23(25,26)27)24(28,29)30)7-8-20(17)32(13)11-19-14(2)35-21(31-19)16-5-3-15(12-33)4-6-16/h3-10,12,34H,11H2,1-2H3. The van der Waals surface area contributed by atoms with Gasteiger partial charge in [0.2, 0.25) is 5.89 Å². The Kier molecular flexibility index (Phi) is 5.79. The predicted octanol–water partition coefficient (Wildman–Crippen LogP) is 6.09. The summed E-state index contributed by atoms with van der Waals surface area (Å²) < 4.78 is 87.0. The van der Waals surface area contributed by atoms with Gasteiger partial charge >= 0.3 is 12.4 Å². The van der Waals surface area contributed by atoms with Crippen molar-refractivity contribution in [1.29, 1.82) is 0 Å². The Morgan fingerprint density at radius 3 is 2.17 bits per heavy atom. The molecule has 4 rings (SSSR count). The number of halogens is 6. The molecule has 0 unspecified atom stereocenters. The van der Waals surface area contributed by atoms with E-state index < -0.39 is 23.5 Å². The first kappa shape index (κ1) is 24.5. The fourth-order valence-electron chi connectivity index (χ4n) is 3.88. The van der Waals surface area contributed by atoms with Crippen molar-refractivity contribution in [3.05, 3.63) is 76.8 Å². The van der Waals surface area contributed by atoms with Gasteiger partial charge in [-0.3, -0.25) is 4.79 Å². The molecule has 1 N–H and O–H groups in total. The van der Waals surface area contributed by atoms with Crippen molar-refractivity contribution in [2.45, 2.75) is 38.3 Å². The number of fused-ring (bicyclic) bond motifs is 1. The van der Waals surface area contributed by atoms with E-state index in [1.165, 1.54) is 6.07 Å². The van der Waals surface area contributed by atoms with Crippen LogP contribution in [0.1, 0.15) is 33.1 Å². The van der Waals surface area contributed by atoms with Gasteiger partial charge in [0, 0.05) is 33.3 Å². The smallest absolute Gasteiger partial charge is 0.430 e. The summed E-state index contributed by atoms with van der Waals surface area (Å²) in [7, 11) is 0. The van der Waals surface area contributed by atoms with Gasteiger partial charge in [-0.1, -0.05) is 18.2 Å². The third kappa shape index (κ3) is 4.09. The number of aliphatic hydroxyl groups is 1. The first-order valence-electron chi connectivity index (χ1n) is 10.2. The van der Waals surface area contributed by atoms with E-state index in [-0.39, 0.29) is 11.9 Å². The molecule has 2 aromatic heterocycles. The van der Waals surface area contributed by atoms with Crippen molar-refractivity contribution in [3.63, 3.8) is 0 Å². The first-order valence-corrected chi connectivity index (χ1v) is 10.2. The van der Waals surface area contributed by atoms with Crippen LogP contribution in [0.15, 0.2) is 52.9 Å². The SMILES string of the molecule is Cc1oc(-c2ccc(C=O)cc2)nc1Cn1c(C)cc2cc(C(O)(C(F)(F)F)C(F)(F)F)ccc21. The van der Waals surface area contributed by atoms with Gasteiger partial charge in [-0.15, -0.1) is 0 Å². The van der Waals surface area contributed by atoms with E-state index in [4.69, 9.17) is 4.42 Å². The van der Waals surface area contributed by atoms with Crippen molar-refractivity contribution in [1.82, 2.24) is 9.55 Å². The molecule has 0 aliphatic carbocycles. The minimum Gasteiger partial charge on any atom is -0.441 e. The molecular formula is C24H18F6N2O3. The Labute approximate surface area is 194 Å². The van der Waals surface area contributed by atoms with Crippen molar-refractivity contribution in [2.75, 3.05) is 0 Å². The Hall–Kier alpha value is -3.60. The number of rotatable bonds is 5. The molecule has 0 aliphatic heterocycles. The molecule has 0 saturated carbocycles. The highest BCUT2D eigenvalue weighted by Gasteiger charge is 2.71. The van der Waals surface area contributed by atoms with Crippen LogP contribution in [-0.4, -0.2) is 33.3 Å². The average molecular weight is 496 g/mol. The molecule has 35 heavy (non-hydrogen) atoms. The lowest BCUT2D eigenvalue weighted by molar-refractivity contribution is -0.376. The number of alkyl halides is 6. The number of aromatic nitrogens is 2. The quantitative estimate of drug-likeness (QED) is 0.268. The molecule has 0 atom stereocenters. The predicted molar refractivity (Wildman–Crippen MR) is 114 cm³/mol. The molecule has 0 radical (unpaired) electrons. The second-order valence-electron chi connectivity index (χ2n) is 8.11. The molecule has 0 fully saturated rings. The minimum atomic E-state index is -5.96. The van der Waals surface area contributed by atoms with Crippen molar-refractivity contribution >= 4 is 17.2 Å². The summed E-state index contributed by atoms with van der Waals surface area (Å²) in [5.74, 6) is 0.771. The van der Waals surface area contributed by atoms with Crippen LogP contribution in [0.2, 0.25) is 0 Å². The molecule has 184 valence electrons. The molecule has 4 aromatic rings.